The van der Waals surface area contributed by atoms with Crippen LogP contribution in [0.1, 0.15) is 59.3 Å². The number of azide groups is 1. The molecule has 1 aliphatic rings. The van der Waals surface area contributed by atoms with Crippen LogP contribution in [0.3, 0.4) is 0 Å². The van der Waals surface area contributed by atoms with Gasteiger partial charge in [0, 0.05) is 50.2 Å². The summed E-state index contributed by atoms with van der Waals surface area (Å²) in [6, 6.07) is 0.154. The summed E-state index contributed by atoms with van der Waals surface area (Å²) >= 11 is 0. The van der Waals surface area contributed by atoms with Crippen molar-refractivity contribution in [3.63, 3.8) is 0 Å². The highest BCUT2D eigenvalue weighted by molar-refractivity contribution is 5.68. The number of terminal acetylenes is 1. The number of carbonyl (C=O) groups excluding carboxylic acids is 1. The largest absolute Gasteiger partial charge is 0.444 e. The second-order valence-electron chi connectivity index (χ2n) is 8.37. The lowest BCUT2D eigenvalue weighted by atomic mass is 10.1. The minimum Gasteiger partial charge on any atom is -0.444 e. The number of likely N-dealkylation sites (tertiary alicyclic amines) is 1. The lowest BCUT2D eigenvalue weighted by Crippen LogP contribution is -2.38. The molecule has 8 nitrogen and oxygen atoms in total. The van der Waals surface area contributed by atoms with E-state index in [0.29, 0.717) is 32.7 Å². The monoisotopic (exact) mass is 407 g/mol. The Morgan fingerprint density at radius 3 is 2.52 bits per heavy atom. The van der Waals surface area contributed by atoms with Crippen LogP contribution in [0.2, 0.25) is 0 Å². The molecule has 0 unspecified atom stereocenters. The molecule has 0 spiro atoms. The molecule has 1 amide bonds. The van der Waals surface area contributed by atoms with Crippen LogP contribution in [0.25, 0.3) is 10.4 Å². The Bertz CT molecular complexity index is 556. The SMILES string of the molecule is C#CCCCN(CCCOCCCN1CCC(N=[N+]=[N-])CC1)C(=O)OC(C)(C)C. The Hall–Kier alpha value is -1.94. The fourth-order valence-electron chi connectivity index (χ4n) is 3.17. The van der Waals surface area contributed by atoms with Gasteiger partial charge in [-0.05, 0) is 71.5 Å². The second-order valence-corrected chi connectivity index (χ2v) is 8.37. The Labute approximate surface area is 175 Å². The Morgan fingerprint density at radius 1 is 1.24 bits per heavy atom. The zero-order valence-electron chi connectivity index (χ0n) is 18.3. The molecule has 1 aliphatic heterocycles. The molecule has 0 atom stereocenters. The highest BCUT2D eigenvalue weighted by Crippen LogP contribution is 2.14. The van der Waals surface area contributed by atoms with Gasteiger partial charge in [0.25, 0.3) is 0 Å². The maximum absolute atomic E-state index is 12.3. The quantitative estimate of drug-likeness (QED) is 0.159. The maximum Gasteiger partial charge on any atom is 0.410 e. The van der Waals surface area contributed by atoms with Gasteiger partial charge in [-0.1, -0.05) is 5.11 Å². The van der Waals surface area contributed by atoms with Gasteiger partial charge in [0.05, 0.1) is 0 Å². The van der Waals surface area contributed by atoms with E-state index >= 15 is 0 Å². The molecular formula is C21H37N5O3. The first-order chi connectivity index (χ1) is 13.9. The Morgan fingerprint density at radius 2 is 1.90 bits per heavy atom. The van der Waals surface area contributed by atoms with Gasteiger partial charge >= 0.3 is 6.09 Å². The number of carbonyl (C=O) groups is 1. The van der Waals surface area contributed by atoms with Crippen LogP contribution in [0.5, 0.6) is 0 Å². The van der Waals surface area contributed by atoms with Crippen LogP contribution in [-0.2, 0) is 9.47 Å². The van der Waals surface area contributed by atoms with Crippen molar-refractivity contribution in [1.82, 2.24) is 9.80 Å². The molecule has 1 heterocycles. The topological polar surface area (TPSA) is 90.8 Å². The number of hydrogen-bond donors (Lipinski definition) is 0. The molecule has 8 heteroatoms. The van der Waals surface area contributed by atoms with Crippen molar-refractivity contribution in [1.29, 1.82) is 0 Å². The molecule has 0 N–H and O–H groups in total. The normalized spacial score (nSPS) is 15.4. The van der Waals surface area contributed by atoms with Crippen LogP contribution in [0, 0.1) is 12.3 Å². The first kappa shape index (κ1) is 25.1. The van der Waals surface area contributed by atoms with E-state index < -0.39 is 5.60 Å². The van der Waals surface area contributed by atoms with Crippen LogP contribution < -0.4 is 0 Å². The van der Waals surface area contributed by atoms with Crippen molar-refractivity contribution >= 4 is 6.09 Å². The zero-order chi connectivity index (χ0) is 21.5. The van der Waals surface area contributed by atoms with Gasteiger partial charge in [0.15, 0.2) is 0 Å². The Balaban J connectivity index is 2.16. The van der Waals surface area contributed by atoms with E-state index in [0.717, 1.165) is 51.7 Å². The maximum atomic E-state index is 12.3. The molecule has 0 aromatic rings. The smallest absolute Gasteiger partial charge is 0.410 e. The average Bonchev–Trinajstić information content (AvgIpc) is 2.66. The third kappa shape index (κ3) is 12.3. The fraction of sp³-hybridized carbons (Fsp3) is 0.857. The highest BCUT2D eigenvalue weighted by Gasteiger charge is 2.21. The predicted octanol–water partition coefficient (Wildman–Crippen LogP) is 4.21. The molecule has 1 fully saturated rings. The first-order valence-electron chi connectivity index (χ1n) is 10.6. The van der Waals surface area contributed by atoms with Crippen molar-refractivity contribution in [3.8, 4) is 12.3 Å². The van der Waals surface area contributed by atoms with E-state index in [1.807, 2.05) is 20.8 Å². The molecule has 1 rings (SSSR count). The second kappa shape index (κ2) is 14.1. The molecule has 0 radical (unpaired) electrons. The number of nitrogens with zero attached hydrogens (tertiary/aromatic N) is 5. The van der Waals surface area contributed by atoms with Crippen molar-refractivity contribution in [2.45, 2.75) is 70.9 Å². The summed E-state index contributed by atoms with van der Waals surface area (Å²) in [6.45, 7) is 11.1. The molecule has 0 saturated carbocycles. The number of rotatable bonds is 12. The van der Waals surface area contributed by atoms with E-state index in [1.165, 1.54) is 0 Å². The number of hydrogen-bond acceptors (Lipinski definition) is 5. The van der Waals surface area contributed by atoms with E-state index in [2.05, 4.69) is 20.8 Å². The third-order valence-corrected chi connectivity index (χ3v) is 4.65. The molecular weight excluding hydrogens is 370 g/mol. The minimum atomic E-state index is -0.507. The summed E-state index contributed by atoms with van der Waals surface area (Å²) < 4.78 is 11.2. The van der Waals surface area contributed by atoms with Crippen molar-refractivity contribution in [2.24, 2.45) is 5.11 Å². The summed E-state index contributed by atoms with van der Waals surface area (Å²) in [5.74, 6) is 2.61. The molecule has 164 valence electrons. The van der Waals surface area contributed by atoms with Gasteiger partial charge in [-0.3, -0.25) is 0 Å². The van der Waals surface area contributed by atoms with Gasteiger partial charge < -0.3 is 19.3 Å². The van der Waals surface area contributed by atoms with Crippen LogP contribution in [0.4, 0.5) is 4.79 Å². The number of unbranched alkanes of at least 4 members (excludes halogenated alkanes) is 1. The zero-order valence-corrected chi connectivity index (χ0v) is 18.3. The van der Waals surface area contributed by atoms with Gasteiger partial charge in [-0.25, -0.2) is 4.79 Å². The van der Waals surface area contributed by atoms with Gasteiger partial charge in [0.2, 0.25) is 0 Å². The van der Waals surface area contributed by atoms with Crippen LogP contribution >= 0.6 is 0 Å². The van der Waals surface area contributed by atoms with E-state index in [9.17, 15) is 4.79 Å². The summed E-state index contributed by atoms with van der Waals surface area (Å²) in [7, 11) is 0. The number of amides is 1. The van der Waals surface area contributed by atoms with Crippen LogP contribution in [-0.4, -0.2) is 73.5 Å². The molecule has 0 aromatic carbocycles. The molecule has 0 aliphatic carbocycles. The standard InChI is InChI=1S/C21H37N5O3/c1-5-6-7-13-26(20(27)29-21(2,3)4)14-9-18-28-17-8-12-25-15-10-19(11-16-25)23-24-22/h1,19H,6-18H2,2-4H3. The van der Waals surface area contributed by atoms with Crippen LogP contribution in [0.15, 0.2) is 5.11 Å². The van der Waals surface area contributed by atoms with Gasteiger partial charge in [-0.15, -0.1) is 12.3 Å². The summed E-state index contributed by atoms with van der Waals surface area (Å²) in [4.78, 5) is 19.3. The van der Waals surface area contributed by atoms with Crippen molar-refractivity contribution in [2.75, 3.05) is 45.9 Å². The number of piperidine rings is 1. The van der Waals surface area contributed by atoms with Gasteiger partial charge in [0.1, 0.15) is 5.60 Å². The van der Waals surface area contributed by atoms with Gasteiger partial charge in [-0.2, -0.15) is 0 Å². The predicted molar refractivity (Wildman–Crippen MR) is 115 cm³/mol. The average molecular weight is 408 g/mol. The molecule has 0 bridgehead atoms. The summed E-state index contributed by atoms with van der Waals surface area (Å²) in [5.41, 5.74) is 7.98. The third-order valence-electron chi connectivity index (χ3n) is 4.65. The lowest BCUT2D eigenvalue weighted by Gasteiger charge is -2.29. The molecule has 29 heavy (non-hydrogen) atoms. The van der Waals surface area contributed by atoms with Crippen molar-refractivity contribution in [3.05, 3.63) is 10.4 Å². The fourth-order valence-corrected chi connectivity index (χ4v) is 3.17. The molecule has 0 aromatic heterocycles. The minimum absolute atomic E-state index is 0.154. The highest BCUT2D eigenvalue weighted by atomic mass is 16.6. The van der Waals surface area contributed by atoms with Crippen molar-refractivity contribution < 1.29 is 14.3 Å². The lowest BCUT2D eigenvalue weighted by molar-refractivity contribution is 0.0225. The van der Waals surface area contributed by atoms with E-state index in [4.69, 9.17) is 21.4 Å². The summed E-state index contributed by atoms with van der Waals surface area (Å²) in [5, 5.41) is 3.80. The van der Waals surface area contributed by atoms with E-state index in [-0.39, 0.29) is 12.1 Å². The molecule has 1 saturated heterocycles. The van der Waals surface area contributed by atoms with E-state index in [1.54, 1.807) is 4.90 Å². The number of ether oxygens (including phenoxy) is 2. The summed E-state index contributed by atoms with van der Waals surface area (Å²) in [6.07, 6.45) is 10.1. The Kier molecular flexibility index (Phi) is 12.2. The first-order valence-corrected chi connectivity index (χ1v) is 10.6.